The molecule has 0 unspecified atom stereocenters. The van der Waals surface area contributed by atoms with E-state index < -0.39 is 37.6 Å². The van der Waals surface area contributed by atoms with Gasteiger partial charge in [-0.25, -0.2) is 4.39 Å². The van der Waals surface area contributed by atoms with Gasteiger partial charge in [-0.15, -0.1) is 0 Å². The molecule has 0 fully saturated rings. The smallest absolute Gasteiger partial charge is 0.323 e. The molecule has 12 nitrogen and oxygen atoms in total. The van der Waals surface area contributed by atoms with Crippen LogP contribution in [0.3, 0.4) is 0 Å². The normalized spacial score (nSPS) is 10.2. The summed E-state index contributed by atoms with van der Waals surface area (Å²) in [6, 6.07) is 8.49. The van der Waals surface area contributed by atoms with E-state index in [1.165, 1.54) is 11.0 Å². The first kappa shape index (κ1) is 27.7. The number of benzene rings is 2. The van der Waals surface area contributed by atoms with Gasteiger partial charge in [0.15, 0.2) is 13.5 Å². The first-order valence-electron chi connectivity index (χ1n) is 10.4. The molecule has 0 heterocycles. The maximum atomic E-state index is 13.9. The molecule has 2 aromatic carbocycles. The van der Waals surface area contributed by atoms with Crippen LogP contribution in [0.15, 0.2) is 36.4 Å². The van der Waals surface area contributed by atoms with Crippen molar-refractivity contribution >= 4 is 36.3 Å². The van der Waals surface area contributed by atoms with Crippen molar-refractivity contribution in [3.05, 3.63) is 47.8 Å². The molecule has 0 bridgehead atoms. The number of nitrogens with zero attached hydrogens (tertiary/aromatic N) is 2. The van der Waals surface area contributed by atoms with Crippen LogP contribution in [0.25, 0.3) is 0 Å². The molecule has 0 atom stereocenters. The number of anilines is 2. The number of hydrogen-bond donors (Lipinski definition) is 2. The van der Waals surface area contributed by atoms with Gasteiger partial charge < -0.3 is 39.0 Å². The Morgan fingerprint density at radius 2 is 1.31 bits per heavy atom. The van der Waals surface area contributed by atoms with Crippen LogP contribution < -0.4 is 19.3 Å². The fourth-order valence-electron chi connectivity index (χ4n) is 3.13. The summed E-state index contributed by atoms with van der Waals surface area (Å²) in [5.74, 6) is -2.62. The largest absolute Gasteiger partial charge is 0.488 e. The number of hydrogen-bond acceptors (Lipinski definition) is 10. The van der Waals surface area contributed by atoms with Crippen LogP contribution in [-0.2, 0) is 28.7 Å². The van der Waals surface area contributed by atoms with Crippen molar-refractivity contribution in [3.8, 4) is 11.5 Å². The number of halogens is 1. The minimum Gasteiger partial charge on any atom is -0.488 e. The van der Waals surface area contributed by atoms with Gasteiger partial charge in [-0.3, -0.25) is 19.2 Å². The predicted octanol–water partition coefficient (Wildman–Crippen LogP) is 1.63. The van der Waals surface area contributed by atoms with Crippen LogP contribution in [0, 0.1) is 12.7 Å². The third-order valence-electron chi connectivity index (χ3n) is 4.56. The van der Waals surface area contributed by atoms with E-state index in [2.05, 4.69) is 4.74 Å². The summed E-state index contributed by atoms with van der Waals surface area (Å²) < 4.78 is 34.6. The average Bonchev–Trinajstić information content (AvgIpc) is 2.83. The topological polar surface area (TPSA) is 152 Å². The number of aliphatic carboxylic acids is 2. The third-order valence-corrected chi connectivity index (χ3v) is 4.56. The number of aryl methyl sites for hydroxylation is 1. The van der Waals surface area contributed by atoms with Crippen molar-refractivity contribution in [2.24, 2.45) is 0 Å². The number of carboxylic acid groups (broad SMARTS) is 2. The summed E-state index contributed by atoms with van der Waals surface area (Å²) in [7, 11) is 0. The highest BCUT2D eigenvalue weighted by atomic mass is 19.1. The molecule has 0 aliphatic rings. The zero-order valence-electron chi connectivity index (χ0n) is 19.3. The summed E-state index contributed by atoms with van der Waals surface area (Å²) in [4.78, 5) is 46.0. The number of carbonyl (C=O) groups excluding carboxylic acids is 2. The summed E-state index contributed by atoms with van der Waals surface area (Å²) in [6.07, 6.45) is 0. The molecule has 0 spiro atoms. The molecule has 2 N–H and O–H groups in total. The quantitative estimate of drug-likeness (QED) is 0.181. The predicted molar refractivity (Wildman–Crippen MR) is 123 cm³/mol. The Morgan fingerprint density at radius 1 is 0.833 bits per heavy atom. The molecule has 0 aliphatic heterocycles. The standard InChI is InChI=1S/C23H25FN2O10/c1-16-2-4-20(18(8-16)25(10-22(29)30)12-33-14-27)35-6-7-36-21-5-3-17(24)9-19(21)26(11-23(31)32)13-34-15-28/h2-5,8-9,14-15H,6-7,10-13H2,1H3,(H,29,30)(H,31,32). The highest BCUT2D eigenvalue weighted by Gasteiger charge is 2.19. The molecular weight excluding hydrogens is 483 g/mol. The molecule has 0 amide bonds. The molecule has 0 saturated carbocycles. The van der Waals surface area contributed by atoms with Gasteiger partial charge in [-0.1, -0.05) is 6.07 Å². The van der Waals surface area contributed by atoms with E-state index in [-0.39, 0.29) is 44.3 Å². The second-order valence-corrected chi connectivity index (χ2v) is 7.25. The lowest BCUT2D eigenvalue weighted by molar-refractivity contribution is -0.137. The lowest BCUT2D eigenvalue weighted by Gasteiger charge is -2.25. The van der Waals surface area contributed by atoms with E-state index in [4.69, 9.17) is 19.3 Å². The van der Waals surface area contributed by atoms with Gasteiger partial charge in [0.1, 0.15) is 43.6 Å². The molecule has 0 saturated heterocycles. The van der Waals surface area contributed by atoms with E-state index in [0.717, 1.165) is 22.6 Å². The first-order chi connectivity index (χ1) is 17.2. The van der Waals surface area contributed by atoms with Crippen molar-refractivity contribution in [2.75, 3.05) is 49.6 Å². The highest BCUT2D eigenvalue weighted by Crippen LogP contribution is 2.31. The van der Waals surface area contributed by atoms with E-state index in [0.29, 0.717) is 11.4 Å². The Labute approximate surface area is 205 Å². The molecule has 0 aliphatic carbocycles. The van der Waals surface area contributed by atoms with Crippen LogP contribution in [0.1, 0.15) is 5.56 Å². The molecule has 2 aromatic rings. The summed E-state index contributed by atoms with van der Waals surface area (Å²) in [5.41, 5.74) is 1.23. The summed E-state index contributed by atoms with van der Waals surface area (Å²) in [6.45, 7) is 0.238. The van der Waals surface area contributed by atoms with Gasteiger partial charge in [0, 0.05) is 6.07 Å². The maximum Gasteiger partial charge on any atom is 0.323 e. The molecule has 36 heavy (non-hydrogen) atoms. The molecule has 0 aromatic heterocycles. The summed E-state index contributed by atoms with van der Waals surface area (Å²) in [5, 5.41) is 18.3. The minimum atomic E-state index is -1.24. The fourth-order valence-corrected chi connectivity index (χ4v) is 3.13. The van der Waals surface area contributed by atoms with E-state index in [1.54, 1.807) is 25.1 Å². The van der Waals surface area contributed by atoms with Gasteiger partial charge in [-0.2, -0.15) is 0 Å². The van der Waals surface area contributed by atoms with Gasteiger partial charge in [0.05, 0.1) is 11.4 Å². The highest BCUT2D eigenvalue weighted by molar-refractivity contribution is 5.76. The van der Waals surface area contributed by atoms with Gasteiger partial charge in [0.25, 0.3) is 12.9 Å². The Balaban J connectivity index is 2.15. The van der Waals surface area contributed by atoms with E-state index in [1.807, 2.05) is 0 Å². The average molecular weight is 508 g/mol. The van der Waals surface area contributed by atoms with Gasteiger partial charge in [0.2, 0.25) is 0 Å². The van der Waals surface area contributed by atoms with Crippen molar-refractivity contribution in [1.29, 1.82) is 0 Å². The molecule has 0 radical (unpaired) electrons. The van der Waals surface area contributed by atoms with E-state index >= 15 is 0 Å². The summed E-state index contributed by atoms with van der Waals surface area (Å²) >= 11 is 0. The SMILES string of the molecule is Cc1ccc(OCCOc2ccc(F)cc2N(COC=O)CC(=O)O)c(N(COC=O)CC(=O)O)c1. The van der Waals surface area contributed by atoms with Crippen molar-refractivity contribution < 1.29 is 52.7 Å². The maximum absolute atomic E-state index is 13.9. The zero-order valence-corrected chi connectivity index (χ0v) is 19.3. The lowest BCUT2D eigenvalue weighted by atomic mass is 10.2. The van der Waals surface area contributed by atoms with Gasteiger partial charge >= 0.3 is 11.9 Å². The first-order valence-corrected chi connectivity index (χ1v) is 10.4. The number of ether oxygens (including phenoxy) is 4. The Morgan fingerprint density at radius 3 is 1.78 bits per heavy atom. The second-order valence-electron chi connectivity index (χ2n) is 7.25. The fraction of sp³-hybridized carbons (Fsp3) is 0.304. The number of carbonyl (C=O) groups is 4. The van der Waals surface area contributed by atoms with Crippen LogP contribution in [-0.4, -0.2) is 74.9 Å². The second kappa shape index (κ2) is 14.0. The molecular formula is C23H25FN2O10. The van der Waals surface area contributed by atoms with E-state index in [9.17, 15) is 28.7 Å². The van der Waals surface area contributed by atoms with Crippen LogP contribution in [0.5, 0.6) is 11.5 Å². The van der Waals surface area contributed by atoms with Crippen molar-refractivity contribution in [3.63, 3.8) is 0 Å². The lowest BCUT2D eigenvalue weighted by Crippen LogP contribution is -2.32. The van der Waals surface area contributed by atoms with Crippen molar-refractivity contribution in [2.45, 2.75) is 6.92 Å². The monoisotopic (exact) mass is 508 g/mol. The van der Waals surface area contributed by atoms with Crippen molar-refractivity contribution in [1.82, 2.24) is 0 Å². The van der Waals surface area contributed by atoms with Crippen LogP contribution >= 0.6 is 0 Å². The Kier molecular flexibility index (Phi) is 10.8. The molecule has 194 valence electrons. The number of rotatable bonds is 17. The minimum absolute atomic E-state index is 0.0356. The number of carboxylic acids is 2. The zero-order chi connectivity index (χ0) is 26.5. The van der Waals surface area contributed by atoms with Crippen LogP contribution in [0.4, 0.5) is 15.8 Å². The van der Waals surface area contributed by atoms with Gasteiger partial charge in [-0.05, 0) is 36.8 Å². The molecule has 13 heteroatoms. The van der Waals surface area contributed by atoms with Crippen LogP contribution in [0.2, 0.25) is 0 Å². The Hall–Kier alpha value is -4.55. The Bertz CT molecular complexity index is 982. The molecule has 2 rings (SSSR count). The third kappa shape index (κ3) is 8.66.